The lowest BCUT2D eigenvalue weighted by Gasteiger charge is -2.43. The van der Waals surface area contributed by atoms with E-state index < -0.39 is 11.3 Å². The second-order valence-corrected chi connectivity index (χ2v) is 6.54. The lowest BCUT2D eigenvalue weighted by atomic mass is 9.57. The summed E-state index contributed by atoms with van der Waals surface area (Å²) in [6.45, 7) is 0. The van der Waals surface area contributed by atoms with Crippen LogP contribution in [0.3, 0.4) is 0 Å². The summed E-state index contributed by atoms with van der Waals surface area (Å²) >= 11 is 0. The molecule has 0 aromatic heterocycles. The Bertz CT molecular complexity index is 926. The lowest BCUT2D eigenvalue weighted by molar-refractivity contribution is 0.315. The largest absolute Gasteiger partial charge is 0.504 e. The van der Waals surface area contributed by atoms with E-state index in [0.29, 0.717) is 5.56 Å². The van der Waals surface area contributed by atoms with Gasteiger partial charge in [0.1, 0.15) is 6.07 Å². The highest BCUT2D eigenvalue weighted by atomic mass is 16.5. The fraction of sp³-hybridized carbons (Fsp3) is 0.350. The molecule has 6 heteroatoms. The number of aromatic hydroxyl groups is 1. The van der Waals surface area contributed by atoms with Crippen molar-refractivity contribution in [3.05, 3.63) is 46.7 Å². The van der Waals surface area contributed by atoms with Crippen molar-refractivity contribution in [2.75, 3.05) is 7.11 Å². The van der Waals surface area contributed by atoms with E-state index in [2.05, 4.69) is 18.2 Å². The number of fused-ring (bicyclic) bond motifs is 1. The Morgan fingerprint density at radius 3 is 2.62 bits per heavy atom. The molecule has 0 aliphatic heterocycles. The monoisotopic (exact) mass is 346 g/mol. The number of nitriles is 3. The van der Waals surface area contributed by atoms with Crippen LogP contribution in [-0.4, -0.2) is 12.2 Å². The fourth-order valence-corrected chi connectivity index (χ4v) is 4.14. The number of nitrogens with zero attached hydrogens (tertiary/aromatic N) is 3. The number of hydrogen-bond acceptors (Lipinski definition) is 6. The highest BCUT2D eigenvalue weighted by Gasteiger charge is 2.53. The van der Waals surface area contributed by atoms with Crippen LogP contribution in [0.15, 0.2) is 41.1 Å². The van der Waals surface area contributed by atoms with Crippen molar-refractivity contribution in [1.82, 2.24) is 0 Å². The van der Waals surface area contributed by atoms with Crippen LogP contribution in [0.4, 0.5) is 0 Å². The van der Waals surface area contributed by atoms with Crippen molar-refractivity contribution >= 4 is 0 Å². The molecule has 0 radical (unpaired) electrons. The van der Waals surface area contributed by atoms with Gasteiger partial charge in [-0.25, -0.2) is 0 Å². The molecule has 0 unspecified atom stereocenters. The van der Waals surface area contributed by atoms with E-state index in [9.17, 15) is 20.9 Å². The number of nitrogens with two attached hydrogens (primary N) is 1. The van der Waals surface area contributed by atoms with Gasteiger partial charge in [0.05, 0.1) is 30.5 Å². The molecule has 6 nitrogen and oxygen atoms in total. The average Bonchev–Trinajstić information content (AvgIpc) is 2.68. The minimum Gasteiger partial charge on any atom is -0.504 e. The van der Waals surface area contributed by atoms with Gasteiger partial charge in [-0.15, -0.1) is 0 Å². The second-order valence-electron chi connectivity index (χ2n) is 6.54. The van der Waals surface area contributed by atoms with Crippen LogP contribution in [0.5, 0.6) is 11.5 Å². The van der Waals surface area contributed by atoms with Gasteiger partial charge in [0.25, 0.3) is 0 Å². The fourth-order valence-electron chi connectivity index (χ4n) is 4.14. The van der Waals surface area contributed by atoms with Crippen molar-refractivity contribution in [3.63, 3.8) is 0 Å². The van der Waals surface area contributed by atoms with Gasteiger partial charge in [0, 0.05) is 5.92 Å². The number of ether oxygens (including phenoxy) is 1. The molecule has 3 rings (SSSR count). The number of hydrogen-bond donors (Lipinski definition) is 2. The van der Waals surface area contributed by atoms with Gasteiger partial charge in [0.2, 0.25) is 0 Å². The maximum absolute atomic E-state index is 9.93. The number of methoxy groups -OCH3 is 1. The standard InChI is InChI=1S/C20H18N4O2/c1-26-17-8-12(6-7-16(17)25)18-14-5-3-2-4-13(14)15(9-21)19(24)20(18,10-22)11-23/h4,6-8,14,18,25H,2-3,5,24H2,1H3/t14-,18-/m0/s1. The zero-order valence-corrected chi connectivity index (χ0v) is 14.4. The summed E-state index contributed by atoms with van der Waals surface area (Å²) in [5, 5.41) is 39.4. The summed E-state index contributed by atoms with van der Waals surface area (Å²) < 4.78 is 5.19. The SMILES string of the molecule is COc1cc([C@H]2[C@H]3CCCC=C3C(C#N)=C(N)C2(C#N)C#N)ccc1O. The number of benzene rings is 1. The van der Waals surface area contributed by atoms with Crippen molar-refractivity contribution in [2.24, 2.45) is 17.1 Å². The first-order valence-corrected chi connectivity index (χ1v) is 8.34. The zero-order chi connectivity index (χ0) is 18.9. The number of phenols is 1. The third-order valence-corrected chi connectivity index (χ3v) is 5.36. The Morgan fingerprint density at radius 2 is 2.00 bits per heavy atom. The van der Waals surface area contributed by atoms with Gasteiger partial charge in [-0.3, -0.25) is 0 Å². The first kappa shape index (κ1) is 17.4. The van der Waals surface area contributed by atoms with Gasteiger partial charge in [0.15, 0.2) is 16.9 Å². The van der Waals surface area contributed by atoms with Crippen molar-refractivity contribution in [3.8, 4) is 29.7 Å². The zero-order valence-electron chi connectivity index (χ0n) is 14.4. The Morgan fingerprint density at radius 1 is 1.27 bits per heavy atom. The predicted octanol–water partition coefficient (Wildman–Crippen LogP) is 2.99. The third kappa shape index (κ3) is 2.30. The van der Waals surface area contributed by atoms with Crippen LogP contribution in [0, 0.1) is 45.3 Å². The summed E-state index contributed by atoms with van der Waals surface area (Å²) in [7, 11) is 1.44. The molecule has 3 N–H and O–H groups in total. The quantitative estimate of drug-likeness (QED) is 0.847. The minimum absolute atomic E-state index is 0.00596. The molecule has 0 saturated heterocycles. The molecule has 0 saturated carbocycles. The van der Waals surface area contributed by atoms with Gasteiger partial charge < -0.3 is 15.6 Å². The van der Waals surface area contributed by atoms with Crippen molar-refractivity contribution < 1.29 is 9.84 Å². The molecule has 1 aromatic carbocycles. The van der Waals surface area contributed by atoms with E-state index in [0.717, 1.165) is 24.8 Å². The van der Waals surface area contributed by atoms with Gasteiger partial charge in [-0.05, 0) is 48.4 Å². The Labute approximate surface area is 152 Å². The summed E-state index contributed by atoms with van der Waals surface area (Å²) in [5.74, 6) is -0.468. The molecule has 0 amide bonds. The average molecular weight is 346 g/mol. The molecule has 1 aromatic rings. The van der Waals surface area contributed by atoms with Crippen molar-refractivity contribution in [2.45, 2.75) is 25.2 Å². The van der Waals surface area contributed by atoms with Crippen LogP contribution in [0.1, 0.15) is 30.7 Å². The van der Waals surface area contributed by atoms with E-state index in [4.69, 9.17) is 10.5 Å². The lowest BCUT2D eigenvalue weighted by Crippen LogP contribution is -2.42. The van der Waals surface area contributed by atoms with Gasteiger partial charge in [-0.1, -0.05) is 12.1 Å². The van der Waals surface area contributed by atoms with Crippen LogP contribution in [-0.2, 0) is 0 Å². The highest BCUT2D eigenvalue weighted by molar-refractivity contribution is 5.60. The molecular formula is C20H18N4O2. The van der Waals surface area contributed by atoms with E-state index in [1.54, 1.807) is 12.1 Å². The molecule has 0 heterocycles. The third-order valence-electron chi connectivity index (χ3n) is 5.36. The van der Waals surface area contributed by atoms with Crippen LogP contribution in [0.2, 0.25) is 0 Å². The van der Waals surface area contributed by atoms with Crippen LogP contribution < -0.4 is 10.5 Å². The van der Waals surface area contributed by atoms with Crippen LogP contribution >= 0.6 is 0 Å². The number of phenolic OH excluding ortho intramolecular Hbond substituents is 1. The summed E-state index contributed by atoms with van der Waals surface area (Å²) in [6.07, 6.45) is 4.49. The Balaban J connectivity index is 2.32. The molecule has 2 atom stereocenters. The molecule has 26 heavy (non-hydrogen) atoms. The normalized spacial score (nSPS) is 23.7. The predicted molar refractivity (Wildman–Crippen MR) is 93.3 cm³/mol. The Kier molecular flexibility index (Phi) is 4.33. The topological polar surface area (TPSA) is 127 Å². The molecule has 2 aliphatic rings. The van der Waals surface area contributed by atoms with Gasteiger partial charge in [-0.2, -0.15) is 15.8 Å². The van der Waals surface area contributed by atoms with Gasteiger partial charge >= 0.3 is 0 Å². The first-order chi connectivity index (χ1) is 12.5. The van der Waals surface area contributed by atoms with E-state index in [1.807, 2.05) is 6.08 Å². The van der Waals surface area contributed by atoms with Crippen molar-refractivity contribution in [1.29, 1.82) is 15.8 Å². The highest BCUT2D eigenvalue weighted by Crippen LogP contribution is 2.56. The smallest absolute Gasteiger partial charge is 0.191 e. The minimum atomic E-state index is -1.65. The summed E-state index contributed by atoms with van der Waals surface area (Å²) in [5.41, 5.74) is 6.32. The maximum Gasteiger partial charge on any atom is 0.191 e. The summed E-state index contributed by atoms with van der Waals surface area (Å²) in [4.78, 5) is 0. The Hall–Kier alpha value is -3.43. The molecule has 0 spiro atoms. The van der Waals surface area contributed by atoms with E-state index in [-0.39, 0.29) is 28.7 Å². The van der Waals surface area contributed by atoms with E-state index >= 15 is 0 Å². The maximum atomic E-state index is 9.93. The first-order valence-electron chi connectivity index (χ1n) is 8.34. The number of allylic oxidation sites excluding steroid dienone is 4. The molecule has 130 valence electrons. The molecule has 2 aliphatic carbocycles. The number of rotatable bonds is 2. The van der Waals surface area contributed by atoms with E-state index in [1.165, 1.54) is 13.2 Å². The molecular weight excluding hydrogens is 328 g/mol. The summed E-state index contributed by atoms with van der Waals surface area (Å²) in [6, 6.07) is 11.1. The molecule has 0 bridgehead atoms. The molecule has 0 fully saturated rings. The second kappa shape index (κ2) is 6.47. The van der Waals surface area contributed by atoms with Crippen LogP contribution in [0.25, 0.3) is 0 Å².